The topological polar surface area (TPSA) is 44.8 Å². The summed E-state index contributed by atoms with van der Waals surface area (Å²) in [6, 6.07) is 7.30. The van der Waals surface area contributed by atoms with Crippen molar-refractivity contribution in [2.75, 3.05) is 7.11 Å². The van der Waals surface area contributed by atoms with Crippen molar-refractivity contribution in [2.45, 2.75) is 95.7 Å². The summed E-state index contributed by atoms with van der Waals surface area (Å²) in [6.45, 7) is 0. The van der Waals surface area contributed by atoms with Crippen LogP contribution in [-0.4, -0.2) is 19.3 Å². The summed E-state index contributed by atoms with van der Waals surface area (Å²) < 4.78 is 30.9. The van der Waals surface area contributed by atoms with Crippen LogP contribution in [0.25, 0.3) is 0 Å². The van der Waals surface area contributed by atoms with Crippen LogP contribution in [0.4, 0.5) is 0 Å². The molecule has 27 heavy (non-hydrogen) atoms. The molecule has 1 heterocycles. The number of hydrogen-bond acceptors (Lipinski definition) is 4. The van der Waals surface area contributed by atoms with E-state index in [0.29, 0.717) is 5.30 Å². The van der Waals surface area contributed by atoms with Gasteiger partial charge in [0.25, 0.3) is 0 Å². The molecule has 3 atom stereocenters. The SMILES string of the molecule is COc1ccc(P2(=O)OC3CCCCCCCCCCCC[C@H](C3)O2)cc1. The molecule has 0 spiro atoms. The lowest BCUT2D eigenvalue weighted by molar-refractivity contribution is 0.0267. The number of rotatable bonds is 2. The summed E-state index contributed by atoms with van der Waals surface area (Å²) >= 11 is 0. The summed E-state index contributed by atoms with van der Waals surface area (Å²) in [5.74, 6) is 0.751. The number of ether oxygens (including phenoxy) is 1. The van der Waals surface area contributed by atoms with Gasteiger partial charge in [0.1, 0.15) is 5.75 Å². The molecule has 1 aliphatic carbocycles. The zero-order valence-electron chi connectivity index (χ0n) is 16.7. The molecular formula is C22H35O4P. The summed E-state index contributed by atoms with van der Waals surface area (Å²) in [5.41, 5.74) is 0. The average Bonchev–Trinajstić information content (AvgIpc) is 2.68. The van der Waals surface area contributed by atoms with Gasteiger partial charge in [-0.15, -0.1) is 0 Å². The Balaban J connectivity index is 1.69. The van der Waals surface area contributed by atoms with Crippen LogP contribution in [0, 0.1) is 0 Å². The van der Waals surface area contributed by atoms with Gasteiger partial charge in [-0.2, -0.15) is 0 Å². The lowest BCUT2D eigenvalue weighted by Crippen LogP contribution is -2.31. The normalized spacial score (nSPS) is 31.4. The molecule has 0 aromatic heterocycles. The standard InChI is InChI=1S/C22H35O4P/c1-24-19-14-16-22(17-15-19)27(23)25-20-12-10-8-6-4-2-3-5-7-9-11-13-21(18-20)26-27/h14-17,20-21H,2-13,18H2,1H3/t20-,21?,27?/m1/s1. The van der Waals surface area contributed by atoms with E-state index in [-0.39, 0.29) is 12.2 Å². The van der Waals surface area contributed by atoms with Gasteiger partial charge in [0.2, 0.25) is 0 Å². The van der Waals surface area contributed by atoms with E-state index in [0.717, 1.165) is 37.9 Å². The Bertz CT molecular complexity index is 575. The highest BCUT2D eigenvalue weighted by Crippen LogP contribution is 2.55. The first-order chi connectivity index (χ1) is 13.2. The second-order valence-electron chi connectivity index (χ2n) is 8.00. The molecule has 5 heteroatoms. The van der Waals surface area contributed by atoms with Crippen molar-refractivity contribution in [3.8, 4) is 5.75 Å². The first kappa shape index (κ1) is 20.9. The van der Waals surface area contributed by atoms with Gasteiger partial charge in [0, 0.05) is 6.42 Å². The fourth-order valence-electron chi connectivity index (χ4n) is 4.18. The number of methoxy groups -OCH3 is 1. The highest BCUT2D eigenvalue weighted by Gasteiger charge is 2.39. The lowest BCUT2D eigenvalue weighted by atomic mass is 10.0. The first-order valence-electron chi connectivity index (χ1n) is 10.8. The lowest BCUT2D eigenvalue weighted by Gasteiger charge is -2.35. The summed E-state index contributed by atoms with van der Waals surface area (Å²) in [7, 11) is -1.63. The smallest absolute Gasteiger partial charge is 0.361 e. The van der Waals surface area contributed by atoms with Crippen molar-refractivity contribution < 1.29 is 18.3 Å². The summed E-state index contributed by atoms with van der Waals surface area (Å²) in [4.78, 5) is 0. The van der Waals surface area contributed by atoms with E-state index in [1.807, 2.05) is 24.3 Å². The molecule has 2 unspecified atom stereocenters. The Labute approximate surface area is 164 Å². The van der Waals surface area contributed by atoms with Crippen LogP contribution in [0.15, 0.2) is 24.3 Å². The Morgan fingerprint density at radius 3 is 1.67 bits per heavy atom. The molecule has 152 valence electrons. The van der Waals surface area contributed by atoms with Gasteiger partial charge in [-0.1, -0.05) is 64.2 Å². The van der Waals surface area contributed by atoms with Crippen LogP contribution in [0.2, 0.25) is 0 Å². The molecule has 2 bridgehead atoms. The summed E-state index contributed by atoms with van der Waals surface area (Å²) in [6.07, 6.45) is 15.8. The maximum absolute atomic E-state index is 13.6. The van der Waals surface area contributed by atoms with Gasteiger partial charge in [-0.25, -0.2) is 0 Å². The van der Waals surface area contributed by atoms with E-state index in [9.17, 15) is 4.57 Å². The molecule has 1 saturated heterocycles. The third kappa shape index (κ3) is 6.34. The molecule has 1 saturated carbocycles. The maximum atomic E-state index is 13.6. The molecular weight excluding hydrogens is 359 g/mol. The monoisotopic (exact) mass is 394 g/mol. The van der Waals surface area contributed by atoms with Crippen LogP contribution in [-0.2, 0) is 13.6 Å². The fraction of sp³-hybridized carbons (Fsp3) is 0.727. The van der Waals surface area contributed by atoms with Crippen LogP contribution < -0.4 is 10.0 Å². The van der Waals surface area contributed by atoms with E-state index in [4.69, 9.17) is 13.8 Å². The van der Waals surface area contributed by atoms with Crippen LogP contribution in [0.5, 0.6) is 5.75 Å². The third-order valence-corrected chi connectivity index (χ3v) is 7.87. The highest BCUT2D eigenvalue weighted by atomic mass is 31.2. The molecule has 1 aromatic rings. The van der Waals surface area contributed by atoms with Crippen molar-refractivity contribution in [1.29, 1.82) is 0 Å². The molecule has 1 aromatic carbocycles. The Morgan fingerprint density at radius 1 is 0.778 bits per heavy atom. The van der Waals surface area contributed by atoms with E-state index < -0.39 is 7.60 Å². The predicted molar refractivity (Wildman–Crippen MR) is 110 cm³/mol. The zero-order chi connectivity index (χ0) is 19.0. The minimum atomic E-state index is -3.26. The Hall–Kier alpha value is -0.830. The maximum Gasteiger partial charge on any atom is 0.361 e. The molecule has 0 radical (unpaired) electrons. The second kappa shape index (κ2) is 10.6. The zero-order valence-corrected chi connectivity index (χ0v) is 17.6. The third-order valence-electron chi connectivity index (χ3n) is 5.79. The molecule has 2 fully saturated rings. The first-order valence-corrected chi connectivity index (χ1v) is 12.4. The van der Waals surface area contributed by atoms with Gasteiger partial charge in [-0.05, 0) is 37.1 Å². The van der Waals surface area contributed by atoms with E-state index in [2.05, 4.69) is 0 Å². The van der Waals surface area contributed by atoms with Crippen LogP contribution >= 0.6 is 7.60 Å². The van der Waals surface area contributed by atoms with Crippen molar-refractivity contribution >= 4 is 12.9 Å². The minimum absolute atomic E-state index is 0.0433. The van der Waals surface area contributed by atoms with E-state index >= 15 is 0 Å². The molecule has 2 aliphatic rings. The minimum Gasteiger partial charge on any atom is -0.497 e. The van der Waals surface area contributed by atoms with E-state index in [1.54, 1.807) is 7.11 Å². The van der Waals surface area contributed by atoms with Gasteiger partial charge in [0.15, 0.2) is 0 Å². The number of benzene rings is 1. The quantitative estimate of drug-likeness (QED) is 0.546. The van der Waals surface area contributed by atoms with Crippen LogP contribution in [0.1, 0.15) is 83.5 Å². The van der Waals surface area contributed by atoms with Gasteiger partial charge in [0.05, 0.1) is 24.6 Å². The van der Waals surface area contributed by atoms with Crippen molar-refractivity contribution in [2.24, 2.45) is 0 Å². The van der Waals surface area contributed by atoms with Gasteiger partial charge < -0.3 is 13.8 Å². The number of fused-ring (bicyclic) bond motifs is 2. The second-order valence-corrected chi connectivity index (χ2v) is 9.93. The summed E-state index contributed by atoms with van der Waals surface area (Å²) in [5, 5.41) is 0.649. The number of hydrogen-bond donors (Lipinski definition) is 0. The van der Waals surface area contributed by atoms with Crippen LogP contribution in [0.3, 0.4) is 0 Å². The van der Waals surface area contributed by atoms with Crippen molar-refractivity contribution in [3.63, 3.8) is 0 Å². The van der Waals surface area contributed by atoms with Gasteiger partial charge in [-0.3, -0.25) is 4.57 Å². The predicted octanol–water partition coefficient (Wildman–Crippen LogP) is 6.38. The largest absolute Gasteiger partial charge is 0.497 e. The Kier molecular flexibility index (Phi) is 8.24. The van der Waals surface area contributed by atoms with E-state index in [1.165, 1.54) is 51.4 Å². The molecule has 3 rings (SSSR count). The van der Waals surface area contributed by atoms with Gasteiger partial charge >= 0.3 is 7.60 Å². The Morgan fingerprint density at radius 2 is 1.22 bits per heavy atom. The van der Waals surface area contributed by atoms with Crippen molar-refractivity contribution in [3.05, 3.63) is 24.3 Å². The highest BCUT2D eigenvalue weighted by molar-refractivity contribution is 7.62. The molecule has 4 nitrogen and oxygen atoms in total. The molecule has 0 amide bonds. The fourth-order valence-corrected chi connectivity index (χ4v) is 6.16. The average molecular weight is 394 g/mol. The van der Waals surface area contributed by atoms with Crippen molar-refractivity contribution in [1.82, 2.24) is 0 Å². The molecule has 1 aliphatic heterocycles. The molecule has 0 N–H and O–H groups in total.